The SMILES string of the molecule is CC(=O)O[C@@H]1CC[C@@]2(C)[C@H](CC[C@@H]3[C@@H]2CC[C@]24C=CC[C@H](O)[C@H]2CC[C@@H]34)C1. The van der Waals surface area contributed by atoms with Crippen molar-refractivity contribution in [3.05, 3.63) is 12.2 Å². The summed E-state index contributed by atoms with van der Waals surface area (Å²) in [7, 11) is 0. The molecule has 0 saturated heterocycles. The first-order valence-electron chi connectivity index (χ1n) is 11.5. The van der Waals surface area contributed by atoms with Gasteiger partial charge in [0.1, 0.15) is 6.10 Å². The van der Waals surface area contributed by atoms with Crippen LogP contribution < -0.4 is 0 Å². The predicted octanol–water partition coefficient (Wildman–Crippen LogP) is 4.88. The number of carbonyl (C=O) groups is 1. The molecule has 1 spiro atoms. The van der Waals surface area contributed by atoms with Gasteiger partial charge in [0.2, 0.25) is 0 Å². The van der Waals surface area contributed by atoms with Crippen LogP contribution in [0.15, 0.2) is 12.2 Å². The zero-order valence-electron chi connectivity index (χ0n) is 17.0. The first-order chi connectivity index (χ1) is 12.9. The fraction of sp³-hybridized carbons (Fsp3) is 0.875. The van der Waals surface area contributed by atoms with Gasteiger partial charge in [0.15, 0.2) is 0 Å². The molecule has 0 aliphatic heterocycles. The van der Waals surface area contributed by atoms with E-state index >= 15 is 0 Å². The summed E-state index contributed by atoms with van der Waals surface area (Å²) in [5, 5.41) is 10.7. The lowest BCUT2D eigenvalue weighted by Gasteiger charge is -2.61. The van der Waals surface area contributed by atoms with E-state index in [0.717, 1.165) is 42.9 Å². The second kappa shape index (κ2) is 6.34. The molecule has 1 N–H and O–H groups in total. The van der Waals surface area contributed by atoms with E-state index in [1.165, 1.54) is 44.9 Å². The lowest BCUT2D eigenvalue weighted by molar-refractivity contribution is -0.160. The van der Waals surface area contributed by atoms with Gasteiger partial charge in [-0.25, -0.2) is 0 Å². The molecule has 0 aromatic heterocycles. The summed E-state index contributed by atoms with van der Waals surface area (Å²) in [6, 6.07) is 0. The highest BCUT2D eigenvalue weighted by molar-refractivity contribution is 5.66. The molecule has 0 amide bonds. The highest BCUT2D eigenvalue weighted by atomic mass is 16.5. The highest BCUT2D eigenvalue weighted by Crippen LogP contribution is 2.69. The molecule has 4 fully saturated rings. The van der Waals surface area contributed by atoms with Gasteiger partial charge in [-0.2, -0.15) is 0 Å². The largest absolute Gasteiger partial charge is 0.463 e. The summed E-state index contributed by atoms with van der Waals surface area (Å²) in [5.41, 5.74) is 0.729. The average molecular weight is 373 g/mol. The topological polar surface area (TPSA) is 46.5 Å². The molecule has 0 heterocycles. The van der Waals surface area contributed by atoms with Crippen molar-refractivity contribution in [1.29, 1.82) is 0 Å². The summed E-state index contributed by atoms with van der Waals surface area (Å²) < 4.78 is 5.60. The molecule has 27 heavy (non-hydrogen) atoms. The van der Waals surface area contributed by atoms with Crippen molar-refractivity contribution in [3.63, 3.8) is 0 Å². The van der Waals surface area contributed by atoms with Crippen molar-refractivity contribution < 1.29 is 14.6 Å². The minimum absolute atomic E-state index is 0.109. The molecule has 150 valence electrons. The number of aliphatic hydroxyl groups is 1. The standard InChI is InChI=1S/C24H36O3/c1-15(25)27-17-9-12-23(2)16(14-17)5-6-18-19(23)10-13-24-11-3-4-22(26)21(24)8-7-20(18)24/h3,11,16-22,26H,4-10,12-14H2,1-2H3/t16-,17-,18-,19+,20+,21-,22+,23+,24+/m1/s1. The Morgan fingerprint density at radius 3 is 2.67 bits per heavy atom. The molecule has 5 aliphatic carbocycles. The number of carbonyl (C=O) groups excluding carboxylic acids is 1. The highest BCUT2D eigenvalue weighted by Gasteiger charge is 2.62. The van der Waals surface area contributed by atoms with Gasteiger partial charge in [0.05, 0.1) is 6.10 Å². The number of hydrogen-bond acceptors (Lipinski definition) is 3. The van der Waals surface area contributed by atoms with Gasteiger partial charge in [-0.15, -0.1) is 0 Å². The molecule has 0 radical (unpaired) electrons. The van der Waals surface area contributed by atoms with Crippen LogP contribution in [0.25, 0.3) is 0 Å². The molecule has 3 heteroatoms. The molecule has 0 unspecified atom stereocenters. The molecule has 0 aromatic carbocycles. The maximum absolute atomic E-state index is 11.4. The summed E-state index contributed by atoms with van der Waals surface area (Å²) in [4.78, 5) is 11.4. The van der Waals surface area contributed by atoms with E-state index < -0.39 is 0 Å². The van der Waals surface area contributed by atoms with Crippen LogP contribution in [-0.4, -0.2) is 23.3 Å². The summed E-state index contributed by atoms with van der Waals surface area (Å²) in [6.07, 6.45) is 16.9. The van der Waals surface area contributed by atoms with Crippen LogP contribution in [0.5, 0.6) is 0 Å². The second-order valence-electron chi connectivity index (χ2n) is 10.7. The van der Waals surface area contributed by atoms with Gasteiger partial charge < -0.3 is 9.84 Å². The van der Waals surface area contributed by atoms with Gasteiger partial charge in [-0.1, -0.05) is 19.1 Å². The number of allylic oxidation sites excluding steroid dienone is 1. The molecule has 5 aliphatic rings. The number of fused-ring (bicyclic) bond motifs is 4. The maximum atomic E-state index is 11.4. The lowest BCUT2D eigenvalue weighted by atomic mass is 9.44. The fourth-order valence-corrected chi connectivity index (χ4v) is 8.80. The third-order valence-corrected chi connectivity index (χ3v) is 9.87. The van der Waals surface area contributed by atoms with Gasteiger partial charge in [-0.3, -0.25) is 4.79 Å². The third-order valence-electron chi connectivity index (χ3n) is 9.87. The zero-order chi connectivity index (χ0) is 18.8. The van der Waals surface area contributed by atoms with Gasteiger partial charge in [-0.05, 0) is 105 Å². The Morgan fingerprint density at radius 2 is 1.85 bits per heavy atom. The van der Waals surface area contributed by atoms with Crippen molar-refractivity contribution >= 4 is 5.97 Å². The number of aliphatic hydroxyl groups excluding tert-OH is 1. The maximum Gasteiger partial charge on any atom is 0.302 e. The van der Waals surface area contributed by atoms with Gasteiger partial charge in [0.25, 0.3) is 0 Å². The van der Waals surface area contributed by atoms with E-state index in [-0.39, 0.29) is 18.2 Å². The molecular weight excluding hydrogens is 336 g/mol. The average Bonchev–Trinajstić information content (AvgIpc) is 3.03. The summed E-state index contributed by atoms with van der Waals surface area (Å²) in [5.74, 6) is 3.57. The van der Waals surface area contributed by atoms with Crippen molar-refractivity contribution in [1.82, 2.24) is 0 Å². The van der Waals surface area contributed by atoms with Crippen LogP contribution in [0.1, 0.15) is 78.1 Å². The normalized spacial score (nSPS) is 53.7. The Balaban J connectivity index is 1.39. The van der Waals surface area contributed by atoms with Crippen LogP contribution in [0.3, 0.4) is 0 Å². The Kier molecular flexibility index (Phi) is 4.28. The smallest absolute Gasteiger partial charge is 0.302 e. The van der Waals surface area contributed by atoms with Crippen LogP contribution in [0.2, 0.25) is 0 Å². The van der Waals surface area contributed by atoms with Crippen molar-refractivity contribution in [3.8, 4) is 0 Å². The minimum Gasteiger partial charge on any atom is -0.463 e. The first-order valence-corrected chi connectivity index (χ1v) is 11.5. The Hall–Kier alpha value is -0.830. The third kappa shape index (κ3) is 2.59. The van der Waals surface area contributed by atoms with Gasteiger partial charge >= 0.3 is 5.97 Å². The molecule has 3 nitrogen and oxygen atoms in total. The van der Waals surface area contributed by atoms with E-state index in [4.69, 9.17) is 4.74 Å². The Bertz CT molecular complexity index is 642. The zero-order valence-corrected chi connectivity index (χ0v) is 17.0. The van der Waals surface area contributed by atoms with Crippen LogP contribution >= 0.6 is 0 Å². The molecule has 4 saturated carbocycles. The number of hydrogen-bond donors (Lipinski definition) is 1. The summed E-state index contributed by atoms with van der Waals surface area (Å²) in [6.45, 7) is 4.11. The molecule has 0 aromatic rings. The van der Waals surface area contributed by atoms with Crippen LogP contribution in [0, 0.1) is 40.4 Å². The molecular formula is C24H36O3. The monoisotopic (exact) mass is 372 g/mol. The molecule has 9 atom stereocenters. The predicted molar refractivity (Wildman–Crippen MR) is 105 cm³/mol. The van der Waals surface area contributed by atoms with E-state index in [9.17, 15) is 9.90 Å². The van der Waals surface area contributed by atoms with E-state index in [2.05, 4.69) is 19.1 Å². The van der Waals surface area contributed by atoms with Gasteiger partial charge in [0, 0.05) is 6.92 Å². The fourth-order valence-electron chi connectivity index (χ4n) is 8.80. The quantitative estimate of drug-likeness (QED) is 0.527. The minimum atomic E-state index is -0.114. The molecule has 0 bridgehead atoms. The number of esters is 1. The van der Waals surface area contributed by atoms with Crippen molar-refractivity contribution in [2.75, 3.05) is 0 Å². The Morgan fingerprint density at radius 1 is 1.04 bits per heavy atom. The van der Waals surface area contributed by atoms with Crippen molar-refractivity contribution in [2.45, 2.75) is 90.3 Å². The van der Waals surface area contributed by atoms with E-state index in [0.29, 0.717) is 16.7 Å². The van der Waals surface area contributed by atoms with E-state index in [1.807, 2.05) is 0 Å². The summed E-state index contributed by atoms with van der Waals surface area (Å²) >= 11 is 0. The first kappa shape index (κ1) is 18.2. The van der Waals surface area contributed by atoms with E-state index in [1.54, 1.807) is 6.92 Å². The number of ether oxygens (including phenoxy) is 1. The lowest BCUT2D eigenvalue weighted by Crippen LogP contribution is -2.55. The second-order valence-corrected chi connectivity index (χ2v) is 10.7. The van der Waals surface area contributed by atoms with Crippen LogP contribution in [0.4, 0.5) is 0 Å². The van der Waals surface area contributed by atoms with Crippen molar-refractivity contribution in [2.24, 2.45) is 40.4 Å². The van der Waals surface area contributed by atoms with Crippen LogP contribution in [-0.2, 0) is 9.53 Å². The Labute approximate surface area is 163 Å². The number of rotatable bonds is 1. The molecule has 5 rings (SSSR count).